The van der Waals surface area contributed by atoms with Gasteiger partial charge in [-0.15, -0.1) is 0 Å². The molecule has 0 unspecified atom stereocenters. The van der Waals surface area contributed by atoms with Crippen molar-refractivity contribution in [1.82, 2.24) is 0 Å². The maximum atomic E-state index is 12.8. The minimum atomic E-state index is -0.411. The summed E-state index contributed by atoms with van der Waals surface area (Å²) >= 11 is 0. The molecule has 0 radical (unpaired) electrons. The Balaban J connectivity index is 2.33. The summed E-state index contributed by atoms with van der Waals surface area (Å²) in [6.07, 6.45) is 0. The van der Waals surface area contributed by atoms with Crippen molar-refractivity contribution in [3.05, 3.63) is 64.7 Å². The van der Waals surface area contributed by atoms with Crippen molar-refractivity contribution < 1.29 is 14.3 Å². The zero-order chi connectivity index (χ0) is 17.0. The average Bonchev–Trinajstić information content (AvgIpc) is 2.58. The number of aryl methyl sites for hydroxylation is 2. The van der Waals surface area contributed by atoms with Gasteiger partial charge in [0.15, 0.2) is 0 Å². The molecule has 120 valence electrons. The van der Waals surface area contributed by atoms with Crippen LogP contribution in [0.4, 0.5) is 5.69 Å². The van der Waals surface area contributed by atoms with Gasteiger partial charge in [0.1, 0.15) is 0 Å². The van der Waals surface area contributed by atoms with Gasteiger partial charge in [-0.05, 0) is 62.2 Å². The zero-order valence-electron chi connectivity index (χ0n) is 13.9. The van der Waals surface area contributed by atoms with E-state index in [2.05, 4.69) is 4.74 Å². The van der Waals surface area contributed by atoms with Gasteiger partial charge in [-0.2, -0.15) is 0 Å². The number of nitrogens with zero attached hydrogens (tertiary/aromatic N) is 1. The fourth-order valence-corrected chi connectivity index (χ4v) is 2.46. The van der Waals surface area contributed by atoms with Crippen molar-refractivity contribution in [3.8, 4) is 0 Å². The highest BCUT2D eigenvalue weighted by Gasteiger charge is 2.18. The highest BCUT2D eigenvalue weighted by atomic mass is 16.5. The maximum absolute atomic E-state index is 12.8. The number of ether oxygens (including phenoxy) is 1. The number of esters is 1. The minimum absolute atomic E-state index is 0.0855. The van der Waals surface area contributed by atoms with Crippen molar-refractivity contribution in [2.45, 2.75) is 20.8 Å². The second kappa shape index (κ2) is 7.09. The van der Waals surface area contributed by atoms with Crippen LogP contribution in [0.25, 0.3) is 0 Å². The van der Waals surface area contributed by atoms with Crippen LogP contribution in [-0.2, 0) is 4.74 Å². The van der Waals surface area contributed by atoms with Gasteiger partial charge in [-0.1, -0.05) is 12.1 Å². The Morgan fingerprint density at radius 1 is 1.00 bits per heavy atom. The number of methoxy groups -OCH3 is 1. The van der Waals surface area contributed by atoms with Crippen molar-refractivity contribution in [2.75, 3.05) is 18.6 Å². The van der Waals surface area contributed by atoms with E-state index in [1.165, 1.54) is 7.11 Å². The van der Waals surface area contributed by atoms with Crippen LogP contribution < -0.4 is 4.90 Å². The number of benzene rings is 2. The lowest BCUT2D eigenvalue weighted by molar-refractivity contribution is 0.0600. The molecule has 0 aliphatic carbocycles. The van der Waals surface area contributed by atoms with Crippen LogP contribution >= 0.6 is 0 Å². The van der Waals surface area contributed by atoms with Crippen molar-refractivity contribution in [3.63, 3.8) is 0 Å². The van der Waals surface area contributed by atoms with Crippen LogP contribution in [0, 0.1) is 13.8 Å². The van der Waals surface area contributed by atoms with Crippen molar-refractivity contribution in [2.24, 2.45) is 0 Å². The smallest absolute Gasteiger partial charge is 0.337 e. The molecule has 0 N–H and O–H groups in total. The number of carbonyl (C=O) groups excluding carboxylic acids is 2. The van der Waals surface area contributed by atoms with Gasteiger partial charge in [-0.25, -0.2) is 4.79 Å². The second-order valence-corrected chi connectivity index (χ2v) is 5.41. The molecular formula is C19H21NO3. The first-order valence-electron chi connectivity index (χ1n) is 7.55. The molecule has 0 atom stereocenters. The summed E-state index contributed by atoms with van der Waals surface area (Å²) in [5.74, 6) is -0.497. The van der Waals surface area contributed by atoms with Crippen molar-refractivity contribution in [1.29, 1.82) is 0 Å². The molecule has 0 spiro atoms. The summed E-state index contributed by atoms with van der Waals surface area (Å²) in [6.45, 7) is 6.52. The summed E-state index contributed by atoms with van der Waals surface area (Å²) < 4.78 is 4.67. The Morgan fingerprint density at radius 3 is 2.17 bits per heavy atom. The van der Waals surface area contributed by atoms with E-state index in [0.717, 1.165) is 16.8 Å². The lowest BCUT2D eigenvalue weighted by atomic mass is 10.1. The maximum Gasteiger partial charge on any atom is 0.337 e. The molecule has 0 aliphatic heterocycles. The number of hydrogen-bond acceptors (Lipinski definition) is 3. The molecule has 2 aromatic carbocycles. The molecule has 2 aromatic rings. The van der Waals surface area contributed by atoms with Crippen LogP contribution in [0.2, 0.25) is 0 Å². The molecule has 4 heteroatoms. The Hall–Kier alpha value is -2.62. The van der Waals surface area contributed by atoms with Gasteiger partial charge in [0.05, 0.1) is 12.7 Å². The molecule has 4 nitrogen and oxygen atoms in total. The summed E-state index contributed by atoms with van der Waals surface area (Å²) in [6, 6.07) is 12.6. The molecule has 0 heterocycles. The standard InChI is InChI=1S/C19H21NO3/c1-5-20(17-12-13(2)6-7-14(17)3)18(21)15-8-10-16(11-9-15)19(22)23-4/h6-12H,5H2,1-4H3. The Bertz CT molecular complexity index is 720. The van der Waals surface area contributed by atoms with Gasteiger partial charge in [0.25, 0.3) is 5.91 Å². The van der Waals surface area contributed by atoms with E-state index in [0.29, 0.717) is 17.7 Å². The number of amides is 1. The minimum Gasteiger partial charge on any atom is -0.465 e. The Kier molecular flexibility index (Phi) is 5.16. The molecule has 1 amide bonds. The number of anilines is 1. The Labute approximate surface area is 136 Å². The van der Waals surface area contributed by atoms with E-state index in [-0.39, 0.29) is 5.91 Å². The van der Waals surface area contributed by atoms with Crippen molar-refractivity contribution >= 4 is 17.6 Å². The first-order chi connectivity index (χ1) is 11.0. The SMILES string of the molecule is CCN(C(=O)c1ccc(C(=O)OC)cc1)c1cc(C)ccc1C. The fourth-order valence-electron chi connectivity index (χ4n) is 2.46. The normalized spacial score (nSPS) is 10.3. The summed E-state index contributed by atoms with van der Waals surface area (Å²) in [4.78, 5) is 26.0. The highest BCUT2D eigenvalue weighted by Crippen LogP contribution is 2.23. The van der Waals surface area contributed by atoms with E-state index in [1.54, 1.807) is 29.2 Å². The zero-order valence-corrected chi connectivity index (χ0v) is 13.9. The Morgan fingerprint density at radius 2 is 1.61 bits per heavy atom. The third-order valence-electron chi connectivity index (χ3n) is 3.77. The van der Waals surface area contributed by atoms with Crippen LogP contribution in [-0.4, -0.2) is 25.5 Å². The van der Waals surface area contributed by atoms with Gasteiger partial charge in [0.2, 0.25) is 0 Å². The number of carbonyl (C=O) groups is 2. The van der Waals surface area contributed by atoms with Crippen LogP contribution in [0.1, 0.15) is 38.8 Å². The third kappa shape index (κ3) is 3.59. The quantitative estimate of drug-likeness (QED) is 0.808. The molecule has 23 heavy (non-hydrogen) atoms. The van der Waals surface area contributed by atoms with Gasteiger partial charge >= 0.3 is 5.97 Å². The van der Waals surface area contributed by atoms with Gasteiger partial charge in [0, 0.05) is 17.8 Å². The second-order valence-electron chi connectivity index (χ2n) is 5.41. The van der Waals surface area contributed by atoms with Gasteiger partial charge in [-0.3, -0.25) is 4.79 Å². The predicted molar refractivity (Wildman–Crippen MR) is 91.0 cm³/mol. The topological polar surface area (TPSA) is 46.6 Å². The van der Waals surface area contributed by atoms with E-state index in [9.17, 15) is 9.59 Å². The summed E-state index contributed by atoms with van der Waals surface area (Å²) in [7, 11) is 1.33. The van der Waals surface area contributed by atoms with E-state index >= 15 is 0 Å². The van der Waals surface area contributed by atoms with E-state index in [4.69, 9.17) is 0 Å². The monoisotopic (exact) mass is 311 g/mol. The molecule has 0 bridgehead atoms. The molecule has 0 saturated heterocycles. The van der Waals surface area contributed by atoms with Crippen LogP contribution in [0.3, 0.4) is 0 Å². The number of rotatable bonds is 4. The highest BCUT2D eigenvalue weighted by molar-refractivity contribution is 6.07. The molecule has 0 saturated carbocycles. The fraction of sp³-hybridized carbons (Fsp3) is 0.263. The lowest BCUT2D eigenvalue weighted by Gasteiger charge is -2.23. The lowest BCUT2D eigenvalue weighted by Crippen LogP contribution is -2.31. The number of hydrogen-bond donors (Lipinski definition) is 0. The summed E-state index contributed by atoms with van der Waals surface area (Å²) in [5.41, 5.74) is 4.05. The molecule has 2 rings (SSSR count). The van der Waals surface area contributed by atoms with E-state index < -0.39 is 5.97 Å². The molecular weight excluding hydrogens is 290 g/mol. The largest absolute Gasteiger partial charge is 0.465 e. The third-order valence-corrected chi connectivity index (χ3v) is 3.77. The predicted octanol–water partition coefficient (Wildman–Crippen LogP) is 3.76. The first kappa shape index (κ1) is 16.7. The molecule has 0 aromatic heterocycles. The molecule has 0 aliphatic rings. The summed E-state index contributed by atoms with van der Waals surface area (Å²) in [5, 5.41) is 0. The first-order valence-corrected chi connectivity index (χ1v) is 7.55. The average molecular weight is 311 g/mol. The van der Waals surface area contributed by atoms with Gasteiger partial charge < -0.3 is 9.64 Å². The molecule has 0 fully saturated rings. The van der Waals surface area contributed by atoms with E-state index in [1.807, 2.05) is 39.0 Å². The van der Waals surface area contributed by atoms with Crippen LogP contribution in [0.5, 0.6) is 0 Å². The van der Waals surface area contributed by atoms with Crippen LogP contribution in [0.15, 0.2) is 42.5 Å².